The van der Waals surface area contributed by atoms with Gasteiger partial charge in [-0.2, -0.15) is 0 Å². The van der Waals surface area contributed by atoms with Crippen molar-refractivity contribution in [2.75, 3.05) is 11.4 Å². The predicted molar refractivity (Wildman–Crippen MR) is 113 cm³/mol. The molecule has 1 saturated heterocycles. The number of amides is 3. The van der Waals surface area contributed by atoms with Crippen molar-refractivity contribution in [3.63, 3.8) is 0 Å². The molecule has 1 atom stereocenters. The highest BCUT2D eigenvalue weighted by Gasteiger charge is 2.44. The van der Waals surface area contributed by atoms with E-state index in [1.54, 1.807) is 24.3 Å². The van der Waals surface area contributed by atoms with Gasteiger partial charge in [0.1, 0.15) is 6.04 Å². The van der Waals surface area contributed by atoms with Gasteiger partial charge in [-0.15, -0.1) is 0 Å². The Balaban J connectivity index is 1.58. The lowest BCUT2D eigenvalue weighted by molar-refractivity contribution is -0.122. The highest BCUT2D eigenvalue weighted by Crippen LogP contribution is 2.28. The lowest BCUT2D eigenvalue weighted by Crippen LogP contribution is -2.46. The number of hydrogen-bond donors (Lipinski definition) is 0. The van der Waals surface area contributed by atoms with Crippen LogP contribution in [0.4, 0.5) is 5.69 Å². The molecule has 2 heterocycles. The van der Waals surface area contributed by atoms with Crippen molar-refractivity contribution < 1.29 is 18.8 Å². The molecule has 1 aromatic carbocycles. The Hall–Kier alpha value is -3.15. The van der Waals surface area contributed by atoms with Crippen molar-refractivity contribution in [3.8, 4) is 0 Å². The van der Waals surface area contributed by atoms with Crippen LogP contribution >= 0.6 is 0 Å². The van der Waals surface area contributed by atoms with E-state index in [1.807, 2.05) is 19.1 Å². The lowest BCUT2D eigenvalue weighted by atomic mass is 9.97. The highest BCUT2D eigenvalue weighted by atomic mass is 16.3. The molecule has 0 spiro atoms. The number of benzene rings is 1. The molecule has 1 aliphatic heterocycles. The van der Waals surface area contributed by atoms with Crippen molar-refractivity contribution in [1.29, 1.82) is 0 Å². The number of anilines is 1. The summed E-state index contributed by atoms with van der Waals surface area (Å²) in [7, 11) is 0. The molecule has 1 aromatic heterocycles. The third-order valence-corrected chi connectivity index (χ3v) is 5.84. The summed E-state index contributed by atoms with van der Waals surface area (Å²) >= 11 is 0. The molecule has 156 valence electrons. The smallest absolute Gasteiger partial charge is 0.290 e. The number of carbonyl (C=O) groups is 3. The van der Waals surface area contributed by atoms with Crippen LogP contribution in [0.5, 0.6) is 0 Å². The SMILES string of the molecule is Cc1ccc(N2C(=O)CC(N(CCC3=CCCCC3)C(=O)c3ccco3)C2=O)cc1. The summed E-state index contributed by atoms with van der Waals surface area (Å²) in [5.74, 6) is -0.820. The van der Waals surface area contributed by atoms with E-state index in [0.717, 1.165) is 24.8 Å². The molecular formula is C24H26N2O4. The van der Waals surface area contributed by atoms with Gasteiger partial charge >= 0.3 is 0 Å². The summed E-state index contributed by atoms with van der Waals surface area (Å²) in [5, 5.41) is 0. The van der Waals surface area contributed by atoms with Crippen molar-refractivity contribution >= 4 is 23.4 Å². The van der Waals surface area contributed by atoms with Crippen LogP contribution in [0.25, 0.3) is 0 Å². The van der Waals surface area contributed by atoms with Crippen molar-refractivity contribution in [2.45, 2.75) is 51.5 Å². The highest BCUT2D eigenvalue weighted by molar-refractivity contribution is 6.23. The minimum Gasteiger partial charge on any atom is -0.459 e. The maximum Gasteiger partial charge on any atom is 0.290 e. The van der Waals surface area contributed by atoms with Crippen LogP contribution in [-0.4, -0.2) is 35.2 Å². The Bertz CT molecular complexity index is 960. The number of imide groups is 1. The van der Waals surface area contributed by atoms with Crippen LogP contribution in [0, 0.1) is 6.92 Å². The summed E-state index contributed by atoms with van der Waals surface area (Å²) in [4.78, 5) is 41.8. The molecule has 1 aliphatic carbocycles. The van der Waals surface area contributed by atoms with E-state index in [9.17, 15) is 14.4 Å². The molecule has 0 radical (unpaired) electrons. The van der Waals surface area contributed by atoms with Gasteiger partial charge in [0.05, 0.1) is 18.4 Å². The minimum atomic E-state index is -0.819. The largest absolute Gasteiger partial charge is 0.459 e. The van der Waals surface area contributed by atoms with Crippen molar-refractivity contribution in [2.24, 2.45) is 0 Å². The molecule has 1 unspecified atom stereocenters. The average Bonchev–Trinajstić information content (AvgIpc) is 3.39. The minimum absolute atomic E-state index is 0.0157. The van der Waals surface area contributed by atoms with Crippen LogP contribution in [0.2, 0.25) is 0 Å². The fourth-order valence-corrected chi connectivity index (χ4v) is 4.16. The molecule has 0 saturated carbocycles. The zero-order valence-corrected chi connectivity index (χ0v) is 17.2. The van der Waals surface area contributed by atoms with E-state index in [4.69, 9.17) is 4.42 Å². The van der Waals surface area contributed by atoms with Gasteiger partial charge in [-0.3, -0.25) is 14.4 Å². The van der Waals surface area contributed by atoms with Gasteiger partial charge < -0.3 is 9.32 Å². The lowest BCUT2D eigenvalue weighted by Gasteiger charge is -2.27. The molecule has 30 heavy (non-hydrogen) atoms. The number of hydrogen-bond acceptors (Lipinski definition) is 4. The molecule has 2 aromatic rings. The van der Waals surface area contributed by atoms with Crippen LogP contribution in [0.15, 0.2) is 58.7 Å². The third-order valence-electron chi connectivity index (χ3n) is 5.84. The Morgan fingerprint density at radius 3 is 2.63 bits per heavy atom. The first-order valence-electron chi connectivity index (χ1n) is 10.5. The maximum absolute atomic E-state index is 13.2. The molecule has 6 nitrogen and oxygen atoms in total. The number of rotatable bonds is 6. The van der Waals surface area contributed by atoms with E-state index >= 15 is 0 Å². The molecule has 3 amide bonds. The monoisotopic (exact) mass is 406 g/mol. The summed E-state index contributed by atoms with van der Waals surface area (Å²) in [6.07, 6.45) is 8.79. The average molecular weight is 406 g/mol. The first-order chi connectivity index (χ1) is 14.5. The van der Waals surface area contributed by atoms with E-state index in [-0.39, 0.29) is 29.9 Å². The second kappa shape index (κ2) is 8.69. The molecule has 1 fully saturated rings. The Morgan fingerprint density at radius 1 is 1.17 bits per heavy atom. The summed E-state index contributed by atoms with van der Waals surface area (Å²) in [6.45, 7) is 2.33. The van der Waals surface area contributed by atoms with Crippen LogP contribution in [0.3, 0.4) is 0 Å². The van der Waals surface area contributed by atoms with Gasteiger partial charge in [0.25, 0.3) is 11.8 Å². The van der Waals surface area contributed by atoms with Gasteiger partial charge in [0.15, 0.2) is 5.76 Å². The number of aryl methyl sites for hydroxylation is 1. The Morgan fingerprint density at radius 2 is 1.97 bits per heavy atom. The molecule has 4 rings (SSSR count). The quantitative estimate of drug-likeness (QED) is 0.531. The first-order valence-corrected chi connectivity index (χ1v) is 10.5. The van der Waals surface area contributed by atoms with Crippen LogP contribution in [-0.2, 0) is 9.59 Å². The first kappa shape index (κ1) is 20.1. The third kappa shape index (κ3) is 4.08. The number of nitrogens with zero attached hydrogens (tertiary/aromatic N) is 2. The number of carbonyl (C=O) groups excluding carboxylic acids is 3. The Kier molecular flexibility index (Phi) is 5.84. The van der Waals surface area contributed by atoms with Crippen LogP contribution in [0.1, 0.15) is 54.6 Å². The van der Waals surface area contributed by atoms with Gasteiger partial charge in [-0.05, 0) is 63.3 Å². The number of allylic oxidation sites excluding steroid dienone is 1. The van der Waals surface area contributed by atoms with Gasteiger partial charge in [0, 0.05) is 6.54 Å². The van der Waals surface area contributed by atoms with Gasteiger partial charge in [-0.1, -0.05) is 29.3 Å². The normalized spacial score (nSPS) is 19.2. The summed E-state index contributed by atoms with van der Waals surface area (Å²) < 4.78 is 5.30. The fraction of sp³-hybridized carbons (Fsp3) is 0.375. The second-order valence-electron chi connectivity index (χ2n) is 7.96. The van der Waals surface area contributed by atoms with E-state index in [0.29, 0.717) is 18.7 Å². The number of furan rings is 1. The fourth-order valence-electron chi connectivity index (χ4n) is 4.16. The van der Waals surface area contributed by atoms with E-state index in [1.165, 1.54) is 28.1 Å². The standard InChI is InChI=1S/C24H26N2O4/c1-17-9-11-19(12-10-17)26-22(27)16-20(23(26)28)25(24(29)21-8-5-15-30-21)14-13-18-6-3-2-4-7-18/h5-6,8-12,15,20H,2-4,7,13-14,16H2,1H3. The zero-order valence-electron chi connectivity index (χ0n) is 17.2. The van der Waals surface area contributed by atoms with Gasteiger partial charge in [0.2, 0.25) is 5.91 Å². The van der Waals surface area contributed by atoms with Crippen molar-refractivity contribution in [1.82, 2.24) is 4.90 Å². The zero-order chi connectivity index (χ0) is 21.1. The van der Waals surface area contributed by atoms with Crippen LogP contribution < -0.4 is 4.90 Å². The molecule has 0 bridgehead atoms. The topological polar surface area (TPSA) is 70.8 Å². The van der Waals surface area contributed by atoms with E-state index in [2.05, 4.69) is 6.08 Å². The maximum atomic E-state index is 13.2. The van der Waals surface area contributed by atoms with Crippen molar-refractivity contribution in [3.05, 3.63) is 65.6 Å². The predicted octanol–water partition coefficient (Wildman–Crippen LogP) is 4.25. The Labute approximate surface area is 176 Å². The summed E-state index contributed by atoms with van der Waals surface area (Å²) in [5.41, 5.74) is 2.90. The molecule has 0 N–H and O–H groups in total. The molecule has 2 aliphatic rings. The van der Waals surface area contributed by atoms with E-state index < -0.39 is 6.04 Å². The second-order valence-corrected chi connectivity index (χ2v) is 7.96. The molecular weight excluding hydrogens is 380 g/mol. The molecule has 6 heteroatoms. The summed E-state index contributed by atoms with van der Waals surface area (Å²) in [6, 6.07) is 9.68. The van der Waals surface area contributed by atoms with Gasteiger partial charge in [-0.25, -0.2) is 4.90 Å².